The fourth-order valence-electron chi connectivity index (χ4n) is 5.87. The smallest absolute Gasteiger partial charge is 0.262 e. The van der Waals surface area contributed by atoms with E-state index >= 15 is 8.78 Å². The van der Waals surface area contributed by atoms with Gasteiger partial charge in [-0.3, -0.25) is 9.52 Å². The van der Waals surface area contributed by atoms with Crippen LogP contribution in [0.25, 0.3) is 27.8 Å². The maximum absolute atomic E-state index is 15.9. The summed E-state index contributed by atoms with van der Waals surface area (Å²) in [6.07, 6.45) is 2.84. The third-order valence-corrected chi connectivity index (χ3v) is 10.4. The lowest BCUT2D eigenvalue weighted by atomic mass is 10.1. The zero-order chi connectivity index (χ0) is 35.2. The standard InChI is InChI=1S/C34H28ClF2N7O5S/c1-19-23(35)6-4-8-28(19)50(47,48)42-25-10-9-24(36)31(30(25)37)41-33-32-26(38-18-39-33)11-12-29(40-32)44-15-22(21-5-2-3-7-27(21)44)34(46)43-13-14-49-17-20(43)16-45/h2-12,15,18,20,42,45H,13-14,16-17H2,1H3,(H,38,39,41)/t20-/m0/s1. The molecule has 0 radical (unpaired) electrons. The second-order valence-electron chi connectivity index (χ2n) is 11.5. The number of anilines is 3. The highest BCUT2D eigenvalue weighted by Crippen LogP contribution is 2.33. The number of hydrogen-bond donors (Lipinski definition) is 3. The van der Waals surface area contributed by atoms with E-state index < -0.39 is 39.1 Å². The SMILES string of the molecule is Cc1c(Cl)cccc1S(=O)(=O)Nc1ccc(F)c(Nc2ncnc3ccc(-n4cc(C(=O)N5CCOC[C@@H]5CO)c5ccccc54)nc23)c1F. The van der Waals surface area contributed by atoms with Crippen molar-refractivity contribution in [2.45, 2.75) is 17.9 Å². The van der Waals surface area contributed by atoms with Crippen LogP contribution in [0.3, 0.4) is 0 Å². The Hall–Kier alpha value is -5.22. The van der Waals surface area contributed by atoms with Crippen LogP contribution in [0.2, 0.25) is 5.02 Å². The number of rotatable bonds is 8. The molecule has 0 bridgehead atoms. The summed E-state index contributed by atoms with van der Waals surface area (Å²) in [7, 11) is -4.31. The molecule has 16 heteroatoms. The minimum atomic E-state index is -4.31. The maximum Gasteiger partial charge on any atom is 0.262 e. The summed E-state index contributed by atoms with van der Waals surface area (Å²) < 4.78 is 66.7. The van der Waals surface area contributed by atoms with Crippen molar-refractivity contribution >= 4 is 66.7 Å². The molecule has 3 aromatic carbocycles. The summed E-state index contributed by atoms with van der Waals surface area (Å²) in [5.74, 6) is -2.23. The molecule has 1 atom stereocenters. The molecular formula is C34H28ClF2N7O5S. The van der Waals surface area contributed by atoms with Crippen LogP contribution in [0, 0.1) is 18.6 Å². The molecule has 4 heterocycles. The number of carbonyl (C=O) groups excluding carboxylic acids is 1. The van der Waals surface area contributed by atoms with Gasteiger partial charge in [-0.2, -0.15) is 0 Å². The van der Waals surface area contributed by atoms with Crippen LogP contribution < -0.4 is 10.0 Å². The number of morpholine rings is 1. The first-order valence-electron chi connectivity index (χ1n) is 15.3. The van der Waals surface area contributed by atoms with Gasteiger partial charge in [0.1, 0.15) is 29.2 Å². The summed E-state index contributed by atoms with van der Waals surface area (Å²) in [5, 5.41) is 13.4. The number of fused-ring (bicyclic) bond motifs is 2. The number of aliphatic hydroxyl groups is 1. The Bertz CT molecular complexity index is 2410. The number of aliphatic hydroxyl groups excluding tert-OH is 1. The lowest BCUT2D eigenvalue weighted by Crippen LogP contribution is -2.50. The van der Waals surface area contributed by atoms with Gasteiger partial charge >= 0.3 is 0 Å². The molecule has 7 rings (SSSR count). The predicted octanol–water partition coefficient (Wildman–Crippen LogP) is 5.59. The van der Waals surface area contributed by atoms with Crippen molar-refractivity contribution in [1.82, 2.24) is 24.4 Å². The Morgan fingerprint density at radius 1 is 1.08 bits per heavy atom. The Morgan fingerprint density at radius 2 is 1.90 bits per heavy atom. The number of para-hydroxylation sites is 1. The van der Waals surface area contributed by atoms with Crippen molar-refractivity contribution in [1.29, 1.82) is 0 Å². The number of carbonyl (C=O) groups is 1. The summed E-state index contributed by atoms with van der Waals surface area (Å²) in [6.45, 7) is 2.16. The molecule has 50 heavy (non-hydrogen) atoms. The van der Waals surface area contributed by atoms with Crippen LogP contribution in [-0.2, 0) is 14.8 Å². The molecular weight excluding hydrogens is 692 g/mol. The molecule has 0 aliphatic carbocycles. The molecule has 256 valence electrons. The summed E-state index contributed by atoms with van der Waals surface area (Å²) in [6, 6.07) is 16.3. The molecule has 0 unspecified atom stereocenters. The van der Waals surface area contributed by atoms with Gasteiger partial charge in [0.2, 0.25) is 0 Å². The number of amides is 1. The van der Waals surface area contributed by atoms with Gasteiger partial charge in [-0.25, -0.2) is 32.2 Å². The minimum absolute atomic E-state index is 0.0628. The highest BCUT2D eigenvalue weighted by molar-refractivity contribution is 7.92. The van der Waals surface area contributed by atoms with E-state index in [9.17, 15) is 18.3 Å². The van der Waals surface area contributed by atoms with Gasteiger partial charge < -0.3 is 24.6 Å². The van der Waals surface area contributed by atoms with Crippen LogP contribution in [0.15, 0.2) is 84.1 Å². The van der Waals surface area contributed by atoms with Crippen LogP contribution in [0.4, 0.5) is 26.0 Å². The van der Waals surface area contributed by atoms with E-state index in [4.69, 9.17) is 21.3 Å². The highest BCUT2D eigenvalue weighted by Gasteiger charge is 2.30. The Labute approximate surface area is 289 Å². The normalized spacial score (nSPS) is 15.1. The van der Waals surface area contributed by atoms with E-state index in [0.717, 1.165) is 12.1 Å². The Kier molecular flexibility index (Phi) is 8.82. The average Bonchev–Trinajstić information content (AvgIpc) is 3.51. The highest BCUT2D eigenvalue weighted by atomic mass is 35.5. The second-order valence-corrected chi connectivity index (χ2v) is 13.5. The van der Waals surface area contributed by atoms with Crippen LogP contribution in [-0.4, -0.2) is 76.3 Å². The van der Waals surface area contributed by atoms with E-state index in [-0.39, 0.29) is 45.9 Å². The van der Waals surface area contributed by atoms with Crippen molar-refractivity contribution in [2.24, 2.45) is 0 Å². The zero-order valence-corrected chi connectivity index (χ0v) is 27.8. The number of benzene rings is 3. The molecule has 1 amide bonds. The quantitative estimate of drug-likeness (QED) is 0.183. The summed E-state index contributed by atoms with van der Waals surface area (Å²) in [5.41, 5.74) is 0.607. The van der Waals surface area contributed by atoms with Gasteiger partial charge in [0.25, 0.3) is 15.9 Å². The van der Waals surface area contributed by atoms with Gasteiger partial charge in [-0.15, -0.1) is 0 Å². The molecule has 6 aromatic rings. The van der Waals surface area contributed by atoms with Crippen molar-refractivity contribution in [2.75, 3.05) is 36.4 Å². The van der Waals surface area contributed by atoms with E-state index in [1.54, 1.807) is 27.8 Å². The monoisotopic (exact) mass is 719 g/mol. The van der Waals surface area contributed by atoms with Gasteiger partial charge in [0.15, 0.2) is 11.6 Å². The molecule has 1 saturated heterocycles. The predicted molar refractivity (Wildman–Crippen MR) is 184 cm³/mol. The lowest BCUT2D eigenvalue weighted by Gasteiger charge is -2.34. The second kappa shape index (κ2) is 13.2. The number of sulfonamides is 1. The van der Waals surface area contributed by atoms with E-state index in [1.807, 2.05) is 24.3 Å². The molecule has 12 nitrogen and oxygen atoms in total. The number of hydrogen-bond acceptors (Lipinski definition) is 9. The summed E-state index contributed by atoms with van der Waals surface area (Å²) in [4.78, 5) is 28.4. The molecule has 0 spiro atoms. The summed E-state index contributed by atoms with van der Waals surface area (Å²) >= 11 is 6.10. The van der Waals surface area contributed by atoms with Gasteiger partial charge in [0, 0.05) is 23.2 Å². The molecule has 1 fully saturated rings. The number of nitrogens with zero attached hydrogens (tertiary/aromatic N) is 5. The third-order valence-electron chi connectivity index (χ3n) is 8.44. The van der Waals surface area contributed by atoms with E-state index in [2.05, 4.69) is 20.0 Å². The average molecular weight is 720 g/mol. The number of nitrogens with one attached hydrogen (secondary N) is 2. The fourth-order valence-corrected chi connectivity index (χ4v) is 7.42. The van der Waals surface area contributed by atoms with Crippen molar-refractivity contribution in [3.8, 4) is 5.82 Å². The van der Waals surface area contributed by atoms with E-state index in [1.165, 1.54) is 31.5 Å². The topological polar surface area (TPSA) is 152 Å². The molecule has 3 N–H and O–H groups in total. The number of pyridine rings is 1. The Morgan fingerprint density at radius 3 is 2.72 bits per heavy atom. The first kappa shape index (κ1) is 33.3. The third kappa shape index (κ3) is 5.98. The van der Waals surface area contributed by atoms with Crippen LogP contribution >= 0.6 is 11.6 Å². The van der Waals surface area contributed by atoms with Crippen molar-refractivity contribution in [3.05, 3.63) is 107 Å². The van der Waals surface area contributed by atoms with Gasteiger partial charge in [0.05, 0.1) is 53.0 Å². The fraction of sp³-hybridized carbons (Fsp3) is 0.176. The molecule has 0 saturated carbocycles. The van der Waals surface area contributed by atoms with E-state index in [0.29, 0.717) is 41.0 Å². The number of aromatic nitrogens is 4. The Balaban J connectivity index is 1.26. The molecule has 1 aliphatic heterocycles. The first-order valence-corrected chi connectivity index (χ1v) is 17.2. The number of ether oxygens (including phenoxy) is 1. The molecule has 1 aliphatic rings. The van der Waals surface area contributed by atoms with Crippen LogP contribution in [0.1, 0.15) is 15.9 Å². The molecule has 3 aromatic heterocycles. The van der Waals surface area contributed by atoms with Gasteiger partial charge in [-0.1, -0.05) is 35.9 Å². The number of halogens is 3. The van der Waals surface area contributed by atoms with Crippen molar-refractivity contribution in [3.63, 3.8) is 0 Å². The van der Waals surface area contributed by atoms with Crippen molar-refractivity contribution < 1.29 is 31.8 Å². The largest absolute Gasteiger partial charge is 0.394 e. The zero-order valence-electron chi connectivity index (χ0n) is 26.3. The first-order chi connectivity index (χ1) is 24.1. The van der Waals surface area contributed by atoms with Crippen LogP contribution in [0.5, 0.6) is 0 Å². The maximum atomic E-state index is 15.9. The van der Waals surface area contributed by atoms with Gasteiger partial charge in [-0.05, 0) is 55.0 Å². The minimum Gasteiger partial charge on any atom is -0.394 e. The lowest BCUT2D eigenvalue weighted by molar-refractivity contribution is -0.0183.